The summed E-state index contributed by atoms with van der Waals surface area (Å²) in [6, 6.07) is 6.13. The van der Waals surface area contributed by atoms with Crippen LogP contribution in [0.1, 0.15) is 24.8 Å². The molecule has 0 radical (unpaired) electrons. The Balaban J connectivity index is 3.03. The third kappa shape index (κ3) is 3.14. The van der Waals surface area contributed by atoms with Crippen LogP contribution in [0.4, 0.5) is 4.39 Å². The van der Waals surface area contributed by atoms with Crippen LogP contribution in [0, 0.1) is 17.1 Å². The average Bonchev–Trinajstić information content (AvgIpc) is 2.14. The van der Waals surface area contributed by atoms with Crippen LogP contribution in [0.3, 0.4) is 0 Å². The lowest BCUT2D eigenvalue weighted by atomic mass is 9.95. The van der Waals surface area contributed by atoms with Gasteiger partial charge in [0.15, 0.2) is 0 Å². The van der Waals surface area contributed by atoms with Gasteiger partial charge in [-0.05, 0) is 24.6 Å². The van der Waals surface area contributed by atoms with Gasteiger partial charge >= 0.3 is 0 Å². The molecule has 0 saturated carbocycles. The smallest absolute Gasteiger partial charge is 0.131 e. The van der Waals surface area contributed by atoms with Gasteiger partial charge in [-0.15, -0.1) is 0 Å². The summed E-state index contributed by atoms with van der Waals surface area (Å²) < 4.78 is 13.3. The molecule has 0 heterocycles. The van der Waals surface area contributed by atoms with Gasteiger partial charge in [0, 0.05) is 10.9 Å². The van der Waals surface area contributed by atoms with Gasteiger partial charge in [-0.1, -0.05) is 22.0 Å². The van der Waals surface area contributed by atoms with Crippen LogP contribution in [-0.4, -0.2) is 5.78 Å². The molecule has 1 aromatic rings. The number of carbonyl (C=O) groups excluding carboxylic acids is 1. The molecule has 0 amide bonds. The molecule has 1 rings (SSSR count). The number of carbonyl (C=O) groups is 1. The number of rotatable bonds is 3. The molecule has 0 saturated heterocycles. The van der Waals surface area contributed by atoms with Crippen molar-refractivity contribution in [2.24, 2.45) is 0 Å². The number of benzene rings is 1. The zero-order valence-corrected chi connectivity index (χ0v) is 9.71. The molecule has 0 spiro atoms. The zero-order chi connectivity index (χ0) is 11.4. The predicted octanol–water partition coefficient (Wildman–Crippen LogP) is 3.17. The van der Waals surface area contributed by atoms with Gasteiger partial charge in [0.1, 0.15) is 11.6 Å². The highest BCUT2D eigenvalue weighted by atomic mass is 79.9. The highest BCUT2D eigenvalue weighted by Gasteiger charge is 2.16. The topological polar surface area (TPSA) is 40.9 Å². The average molecular weight is 270 g/mol. The lowest BCUT2D eigenvalue weighted by molar-refractivity contribution is -0.117. The third-order valence-corrected chi connectivity index (χ3v) is 2.67. The first-order valence-electron chi connectivity index (χ1n) is 4.38. The molecule has 0 fully saturated rings. The first kappa shape index (κ1) is 11.9. The van der Waals surface area contributed by atoms with E-state index in [0.717, 1.165) is 0 Å². The number of Topliss-reactive ketones (excluding diaryl/α,β-unsaturated/α-hetero) is 1. The Hall–Kier alpha value is -1.21. The van der Waals surface area contributed by atoms with Crippen molar-refractivity contribution in [2.45, 2.75) is 19.3 Å². The Morgan fingerprint density at radius 2 is 2.33 bits per heavy atom. The summed E-state index contributed by atoms with van der Waals surface area (Å²) in [7, 11) is 0. The monoisotopic (exact) mass is 269 g/mol. The number of nitrogens with zero attached hydrogens (tertiary/aromatic N) is 1. The molecular formula is C11H9BrFNO. The molecule has 1 unspecified atom stereocenters. The van der Waals surface area contributed by atoms with E-state index in [1.54, 1.807) is 0 Å². The van der Waals surface area contributed by atoms with Crippen molar-refractivity contribution < 1.29 is 9.18 Å². The van der Waals surface area contributed by atoms with Crippen molar-refractivity contribution in [3.05, 3.63) is 34.1 Å². The quantitative estimate of drug-likeness (QED) is 0.846. The largest absolute Gasteiger partial charge is 0.300 e. The lowest BCUT2D eigenvalue weighted by Crippen LogP contribution is -2.03. The van der Waals surface area contributed by atoms with E-state index in [-0.39, 0.29) is 18.0 Å². The second-order valence-corrected chi connectivity index (χ2v) is 4.11. The molecule has 2 nitrogen and oxygen atoms in total. The molecule has 15 heavy (non-hydrogen) atoms. The Kier molecular flexibility index (Phi) is 3.98. The standard InChI is InChI=1S/C11H9BrFNO/c1-7(15)4-8(6-14)10-3-2-9(13)5-11(10)12/h2-3,5,8H,4H2,1H3. The summed E-state index contributed by atoms with van der Waals surface area (Å²) in [6.07, 6.45) is 0.154. The second kappa shape index (κ2) is 5.04. The minimum atomic E-state index is -0.516. The highest BCUT2D eigenvalue weighted by molar-refractivity contribution is 9.10. The second-order valence-electron chi connectivity index (χ2n) is 3.25. The van der Waals surface area contributed by atoms with Gasteiger partial charge in [0.2, 0.25) is 0 Å². The molecule has 78 valence electrons. The highest BCUT2D eigenvalue weighted by Crippen LogP contribution is 2.27. The minimum Gasteiger partial charge on any atom is -0.300 e. The van der Waals surface area contributed by atoms with E-state index in [4.69, 9.17) is 5.26 Å². The summed E-state index contributed by atoms with van der Waals surface area (Å²) in [5, 5.41) is 8.91. The Bertz CT molecular complexity index is 425. The van der Waals surface area contributed by atoms with Crippen LogP contribution in [0.25, 0.3) is 0 Å². The summed E-state index contributed by atoms with van der Waals surface area (Å²) in [6.45, 7) is 1.43. The van der Waals surface area contributed by atoms with Crippen molar-refractivity contribution >= 4 is 21.7 Å². The molecule has 0 bridgehead atoms. The maximum atomic E-state index is 12.8. The van der Waals surface area contributed by atoms with E-state index in [1.807, 2.05) is 6.07 Å². The predicted molar refractivity (Wildman–Crippen MR) is 57.8 cm³/mol. The SMILES string of the molecule is CC(=O)CC(C#N)c1ccc(F)cc1Br. The zero-order valence-electron chi connectivity index (χ0n) is 8.13. The van der Waals surface area contributed by atoms with Crippen molar-refractivity contribution in [3.8, 4) is 6.07 Å². The maximum Gasteiger partial charge on any atom is 0.131 e. The molecule has 0 N–H and O–H groups in total. The molecular weight excluding hydrogens is 261 g/mol. The number of halogens is 2. The van der Waals surface area contributed by atoms with E-state index in [0.29, 0.717) is 10.0 Å². The first-order valence-corrected chi connectivity index (χ1v) is 5.18. The molecule has 0 aliphatic heterocycles. The first-order chi connectivity index (χ1) is 7.04. The van der Waals surface area contributed by atoms with Crippen molar-refractivity contribution in [3.63, 3.8) is 0 Å². The number of hydrogen-bond acceptors (Lipinski definition) is 2. The molecule has 0 aliphatic carbocycles. The van der Waals surface area contributed by atoms with E-state index in [2.05, 4.69) is 15.9 Å². The fourth-order valence-electron chi connectivity index (χ4n) is 1.30. The van der Waals surface area contributed by atoms with E-state index in [9.17, 15) is 9.18 Å². The molecule has 0 aliphatic rings. The number of ketones is 1. The van der Waals surface area contributed by atoms with Crippen LogP contribution in [-0.2, 0) is 4.79 Å². The van der Waals surface area contributed by atoms with Crippen molar-refractivity contribution in [1.82, 2.24) is 0 Å². The van der Waals surface area contributed by atoms with Gasteiger partial charge < -0.3 is 0 Å². The van der Waals surface area contributed by atoms with Crippen LogP contribution in [0.15, 0.2) is 22.7 Å². The summed E-state index contributed by atoms with van der Waals surface area (Å²) >= 11 is 3.18. The minimum absolute atomic E-state index is 0.0576. The van der Waals surface area contributed by atoms with Crippen LogP contribution in [0.5, 0.6) is 0 Å². The number of nitriles is 1. The van der Waals surface area contributed by atoms with Gasteiger partial charge in [0.05, 0.1) is 12.0 Å². The summed E-state index contributed by atoms with van der Waals surface area (Å²) in [5.41, 5.74) is 0.647. The van der Waals surface area contributed by atoms with Gasteiger partial charge in [-0.25, -0.2) is 4.39 Å². The Morgan fingerprint density at radius 3 is 2.80 bits per heavy atom. The van der Waals surface area contributed by atoms with Crippen LogP contribution in [0.2, 0.25) is 0 Å². The number of hydrogen-bond donors (Lipinski definition) is 0. The normalized spacial score (nSPS) is 11.9. The molecule has 1 aromatic carbocycles. The fourth-order valence-corrected chi connectivity index (χ4v) is 1.92. The molecule has 1 atom stereocenters. The van der Waals surface area contributed by atoms with Gasteiger partial charge in [-0.3, -0.25) is 4.79 Å². The molecule has 0 aromatic heterocycles. The third-order valence-electron chi connectivity index (χ3n) is 1.99. The van der Waals surface area contributed by atoms with Gasteiger partial charge in [0.25, 0.3) is 0 Å². The molecule has 4 heteroatoms. The van der Waals surface area contributed by atoms with Crippen molar-refractivity contribution in [2.75, 3.05) is 0 Å². The van der Waals surface area contributed by atoms with Crippen LogP contribution < -0.4 is 0 Å². The van der Waals surface area contributed by atoms with Crippen molar-refractivity contribution in [1.29, 1.82) is 5.26 Å². The van der Waals surface area contributed by atoms with Gasteiger partial charge in [-0.2, -0.15) is 5.26 Å². The Labute approximate surface area is 95.8 Å². The van der Waals surface area contributed by atoms with E-state index >= 15 is 0 Å². The summed E-state index contributed by atoms with van der Waals surface area (Å²) in [4.78, 5) is 10.9. The van der Waals surface area contributed by atoms with E-state index < -0.39 is 5.92 Å². The lowest BCUT2D eigenvalue weighted by Gasteiger charge is -2.09. The maximum absolute atomic E-state index is 12.8. The summed E-state index contributed by atoms with van der Waals surface area (Å²) in [5.74, 6) is -0.944. The fraction of sp³-hybridized carbons (Fsp3) is 0.273. The van der Waals surface area contributed by atoms with E-state index in [1.165, 1.54) is 25.1 Å². The van der Waals surface area contributed by atoms with Crippen LogP contribution >= 0.6 is 15.9 Å². The Morgan fingerprint density at radius 1 is 1.67 bits per heavy atom.